The third-order valence-corrected chi connectivity index (χ3v) is 4.60. The Morgan fingerprint density at radius 1 is 1.30 bits per heavy atom. The fourth-order valence-electron chi connectivity index (χ4n) is 2.44. The van der Waals surface area contributed by atoms with Gasteiger partial charge in [-0.05, 0) is 11.6 Å². The minimum Gasteiger partial charge on any atom is -0.361 e. The van der Waals surface area contributed by atoms with Crippen molar-refractivity contribution in [2.75, 3.05) is 36.6 Å². The molecule has 0 saturated carbocycles. The number of anilines is 1. The topological polar surface area (TPSA) is 44.4 Å². The molecule has 0 bridgehead atoms. The van der Waals surface area contributed by atoms with Crippen LogP contribution in [0.2, 0.25) is 0 Å². The van der Waals surface area contributed by atoms with E-state index in [1.54, 1.807) is 0 Å². The molecule has 20 heavy (non-hydrogen) atoms. The molecular weight excluding hydrogens is 270 g/mol. The number of benzene rings is 1. The van der Waals surface area contributed by atoms with Crippen LogP contribution in [0.15, 0.2) is 36.0 Å². The minimum absolute atomic E-state index is 0.0326. The van der Waals surface area contributed by atoms with Gasteiger partial charge in [-0.25, -0.2) is 0 Å². The van der Waals surface area contributed by atoms with Crippen molar-refractivity contribution in [2.45, 2.75) is 6.42 Å². The molecule has 0 aliphatic carbocycles. The fourth-order valence-corrected chi connectivity index (χ4v) is 3.42. The monoisotopic (exact) mass is 289 g/mol. The first-order valence-corrected chi connectivity index (χ1v) is 8.10. The average Bonchev–Trinajstić information content (AvgIpc) is 2.53. The van der Waals surface area contributed by atoms with Crippen molar-refractivity contribution in [3.8, 4) is 0 Å². The average molecular weight is 289 g/mol. The van der Waals surface area contributed by atoms with Crippen LogP contribution in [-0.2, 0) is 11.2 Å². The number of carbonyl (C=O) groups is 1. The highest BCUT2D eigenvalue weighted by molar-refractivity contribution is 7.99. The summed E-state index contributed by atoms with van der Waals surface area (Å²) in [5.41, 5.74) is 3.07. The molecule has 106 valence electrons. The number of thioether (sulfide) groups is 1. The van der Waals surface area contributed by atoms with Crippen molar-refractivity contribution in [3.05, 3.63) is 41.6 Å². The van der Waals surface area contributed by atoms with Gasteiger partial charge < -0.3 is 10.6 Å². The van der Waals surface area contributed by atoms with Gasteiger partial charge in [0.05, 0.1) is 6.67 Å². The number of hydrogen-bond donors (Lipinski definition) is 2. The number of hydrogen-bond acceptors (Lipinski definition) is 4. The molecule has 3 rings (SSSR count). The summed E-state index contributed by atoms with van der Waals surface area (Å²) >= 11 is 1.98. The van der Waals surface area contributed by atoms with Crippen LogP contribution in [0, 0.1) is 0 Å². The van der Waals surface area contributed by atoms with E-state index in [1.165, 1.54) is 5.56 Å². The molecule has 2 aliphatic rings. The Balaban J connectivity index is 1.54. The van der Waals surface area contributed by atoms with Crippen LogP contribution in [0.25, 0.3) is 0 Å². The molecule has 2 aliphatic heterocycles. The number of fused-ring (bicyclic) bond motifs is 1. The van der Waals surface area contributed by atoms with Gasteiger partial charge in [0.1, 0.15) is 0 Å². The van der Waals surface area contributed by atoms with Gasteiger partial charge in [-0.1, -0.05) is 18.2 Å². The molecule has 1 aromatic rings. The minimum atomic E-state index is 0.0326. The highest BCUT2D eigenvalue weighted by Gasteiger charge is 2.17. The second-order valence-electron chi connectivity index (χ2n) is 5.04. The summed E-state index contributed by atoms with van der Waals surface area (Å²) in [4.78, 5) is 14.5. The maximum Gasteiger partial charge on any atom is 0.250 e. The van der Waals surface area contributed by atoms with E-state index in [4.69, 9.17) is 0 Å². The van der Waals surface area contributed by atoms with Gasteiger partial charge in [-0.15, -0.1) is 0 Å². The Bertz CT molecular complexity index is 524. The van der Waals surface area contributed by atoms with Gasteiger partial charge in [0, 0.05) is 48.5 Å². The summed E-state index contributed by atoms with van der Waals surface area (Å²) in [6, 6.07) is 8.10. The number of nitrogens with one attached hydrogen (secondary N) is 2. The Labute approximate surface area is 123 Å². The largest absolute Gasteiger partial charge is 0.361 e. The molecule has 0 atom stereocenters. The van der Waals surface area contributed by atoms with Crippen molar-refractivity contribution < 1.29 is 4.79 Å². The zero-order valence-corrected chi connectivity index (χ0v) is 12.2. The number of carbonyl (C=O) groups excluding carboxylic acids is 1. The van der Waals surface area contributed by atoms with Crippen LogP contribution in [0.4, 0.5) is 5.69 Å². The number of rotatable bonds is 3. The Morgan fingerprint density at radius 3 is 2.95 bits per heavy atom. The lowest BCUT2D eigenvalue weighted by molar-refractivity contribution is -0.118. The van der Waals surface area contributed by atoms with Crippen molar-refractivity contribution in [3.63, 3.8) is 0 Å². The molecule has 4 nitrogen and oxygen atoms in total. The van der Waals surface area contributed by atoms with Gasteiger partial charge >= 0.3 is 0 Å². The van der Waals surface area contributed by atoms with Crippen LogP contribution in [0.5, 0.6) is 0 Å². The van der Waals surface area contributed by atoms with E-state index >= 15 is 0 Å². The second kappa shape index (κ2) is 6.33. The SMILES string of the molecule is O=C(NCN1CCSCC1)C1=CNc2ccccc2C1. The molecule has 2 heterocycles. The van der Waals surface area contributed by atoms with Crippen LogP contribution in [0.3, 0.4) is 0 Å². The van der Waals surface area contributed by atoms with Crippen molar-refractivity contribution in [1.82, 2.24) is 10.2 Å². The van der Waals surface area contributed by atoms with Gasteiger partial charge in [-0.3, -0.25) is 9.69 Å². The zero-order valence-electron chi connectivity index (χ0n) is 11.4. The number of amides is 1. The maximum atomic E-state index is 12.2. The molecule has 1 aromatic carbocycles. The van der Waals surface area contributed by atoms with Crippen molar-refractivity contribution in [2.24, 2.45) is 0 Å². The number of para-hydroxylation sites is 1. The Kier molecular flexibility index (Phi) is 4.28. The summed E-state index contributed by atoms with van der Waals surface area (Å²) in [6.45, 7) is 2.77. The summed E-state index contributed by atoms with van der Waals surface area (Å²) in [6.07, 6.45) is 2.52. The fraction of sp³-hybridized carbons (Fsp3) is 0.400. The normalized spacial score (nSPS) is 18.7. The lowest BCUT2D eigenvalue weighted by atomic mass is 10.0. The van der Waals surface area contributed by atoms with Gasteiger partial charge in [0.2, 0.25) is 5.91 Å². The molecule has 1 amide bonds. The number of nitrogens with zero attached hydrogens (tertiary/aromatic N) is 1. The smallest absolute Gasteiger partial charge is 0.250 e. The zero-order chi connectivity index (χ0) is 13.8. The second-order valence-corrected chi connectivity index (χ2v) is 6.27. The molecule has 0 unspecified atom stereocenters. The summed E-state index contributed by atoms with van der Waals surface area (Å²) in [5.74, 6) is 2.35. The molecular formula is C15H19N3OS. The standard InChI is InChI=1S/C15H19N3OS/c19-15(17-11-18-5-7-20-8-6-18)13-9-12-3-1-2-4-14(12)16-10-13/h1-4,10,16H,5-9,11H2,(H,17,19). The van der Waals surface area contributed by atoms with E-state index in [1.807, 2.05) is 36.2 Å². The van der Waals surface area contributed by atoms with E-state index in [0.717, 1.165) is 35.9 Å². The van der Waals surface area contributed by atoms with Crippen LogP contribution >= 0.6 is 11.8 Å². The quantitative estimate of drug-likeness (QED) is 0.888. The first-order chi connectivity index (χ1) is 9.83. The molecule has 0 radical (unpaired) electrons. The van der Waals surface area contributed by atoms with Crippen molar-refractivity contribution in [1.29, 1.82) is 0 Å². The highest BCUT2D eigenvalue weighted by Crippen LogP contribution is 2.23. The predicted molar refractivity (Wildman–Crippen MR) is 83.8 cm³/mol. The van der Waals surface area contributed by atoms with Crippen LogP contribution in [0.1, 0.15) is 5.56 Å². The first kappa shape index (κ1) is 13.5. The molecule has 2 N–H and O–H groups in total. The van der Waals surface area contributed by atoms with E-state index in [2.05, 4.69) is 21.6 Å². The van der Waals surface area contributed by atoms with Crippen molar-refractivity contribution >= 4 is 23.4 Å². The summed E-state index contributed by atoms with van der Waals surface area (Å²) in [5, 5.41) is 6.21. The third kappa shape index (κ3) is 3.16. The lowest BCUT2D eigenvalue weighted by Gasteiger charge is -2.26. The van der Waals surface area contributed by atoms with Gasteiger partial charge in [0.25, 0.3) is 0 Å². The Hall–Kier alpha value is -1.46. The molecule has 5 heteroatoms. The van der Waals surface area contributed by atoms with Crippen LogP contribution < -0.4 is 10.6 Å². The van der Waals surface area contributed by atoms with E-state index in [0.29, 0.717) is 13.1 Å². The van der Waals surface area contributed by atoms with Crippen LogP contribution in [-0.4, -0.2) is 42.1 Å². The lowest BCUT2D eigenvalue weighted by Crippen LogP contribution is -2.42. The van der Waals surface area contributed by atoms with Gasteiger partial charge in [-0.2, -0.15) is 11.8 Å². The molecule has 1 saturated heterocycles. The summed E-state index contributed by atoms with van der Waals surface area (Å²) < 4.78 is 0. The molecule has 0 spiro atoms. The van der Waals surface area contributed by atoms with Gasteiger partial charge in [0.15, 0.2) is 0 Å². The Morgan fingerprint density at radius 2 is 2.10 bits per heavy atom. The molecule has 1 fully saturated rings. The first-order valence-electron chi connectivity index (χ1n) is 6.95. The van der Waals surface area contributed by atoms with E-state index in [-0.39, 0.29) is 5.91 Å². The van der Waals surface area contributed by atoms with E-state index < -0.39 is 0 Å². The predicted octanol–water partition coefficient (Wildman–Crippen LogP) is 1.66. The summed E-state index contributed by atoms with van der Waals surface area (Å²) in [7, 11) is 0. The van der Waals surface area contributed by atoms with E-state index in [9.17, 15) is 4.79 Å². The maximum absolute atomic E-state index is 12.2. The highest BCUT2D eigenvalue weighted by atomic mass is 32.2. The molecule has 0 aromatic heterocycles. The third-order valence-electron chi connectivity index (χ3n) is 3.66.